The third-order valence-corrected chi connectivity index (χ3v) is 2.04. The Bertz CT molecular complexity index is 365. The van der Waals surface area contributed by atoms with Crippen LogP contribution in [-0.2, 0) is 4.79 Å². The van der Waals surface area contributed by atoms with Crippen molar-refractivity contribution in [2.24, 2.45) is 5.73 Å². The van der Waals surface area contributed by atoms with Crippen molar-refractivity contribution in [3.05, 3.63) is 34.6 Å². The van der Waals surface area contributed by atoms with Crippen molar-refractivity contribution in [1.29, 1.82) is 0 Å². The SMILES string of the molecule is NC(=O)C(O)C(O)c1cc(F)cc(Cl)c1. The topological polar surface area (TPSA) is 83.6 Å². The fraction of sp³-hybridized carbons (Fsp3) is 0.222. The molecule has 0 aliphatic heterocycles. The highest BCUT2D eigenvalue weighted by Gasteiger charge is 2.23. The van der Waals surface area contributed by atoms with E-state index in [9.17, 15) is 14.3 Å². The first-order valence-electron chi connectivity index (χ1n) is 4.03. The molecule has 82 valence electrons. The fourth-order valence-electron chi connectivity index (χ4n) is 1.08. The molecule has 2 atom stereocenters. The van der Waals surface area contributed by atoms with E-state index in [1.165, 1.54) is 6.07 Å². The van der Waals surface area contributed by atoms with Crippen molar-refractivity contribution < 1.29 is 19.4 Å². The molecule has 0 aromatic heterocycles. The molecule has 0 spiro atoms. The monoisotopic (exact) mass is 233 g/mol. The van der Waals surface area contributed by atoms with Gasteiger partial charge >= 0.3 is 0 Å². The van der Waals surface area contributed by atoms with Gasteiger partial charge in [-0.2, -0.15) is 0 Å². The number of aliphatic hydroxyl groups excluding tert-OH is 2. The molecular weight excluding hydrogens is 225 g/mol. The second kappa shape index (κ2) is 4.57. The average Bonchev–Trinajstić information content (AvgIpc) is 2.13. The van der Waals surface area contributed by atoms with E-state index >= 15 is 0 Å². The Morgan fingerprint density at radius 3 is 2.47 bits per heavy atom. The van der Waals surface area contributed by atoms with Crippen molar-refractivity contribution >= 4 is 17.5 Å². The number of primary amides is 1. The zero-order valence-corrected chi connectivity index (χ0v) is 8.28. The molecule has 0 bridgehead atoms. The van der Waals surface area contributed by atoms with Crippen LogP contribution in [0.4, 0.5) is 4.39 Å². The van der Waals surface area contributed by atoms with Gasteiger partial charge in [0.15, 0.2) is 6.10 Å². The van der Waals surface area contributed by atoms with E-state index in [0.29, 0.717) is 0 Å². The number of rotatable bonds is 3. The summed E-state index contributed by atoms with van der Waals surface area (Å²) in [5.41, 5.74) is 4.77. The maximum Gasteiger partial charge on any atom is 0.249 e. The molecule has 1 amide bonds. The molecule has 0 aliphatic rings. The third kappa shape index (κ3) is 2.89. The van der Waals surface area contributed by atoms with Crippen LogP contribution in [0, 0.1) is 5.82 Å². The summed E-state index contributed by atoms with van der Waals surface area (Å²) in [6.45, 7) is 0. The number of carbonyl (C=O) groups is 1. The quantitative estimate of drug-likeness (QED) is 0.705. The van der Waals surface area contributed by atoms with Crippen LogP contribution >= 0.6 is 11.6 Å². The zero-order chi connectivity index (χ0) is 11.6. The molecule has 0 heterocycles. The molecule has 4 nitrogen and oxygen atoms in total. The number of carbonyl (C=O) groups excluding carboxylic acids is 1. The molecular formula is C9H9ClFNO3. The first-order chi connectivity index (χ1) is 6.91. The highest BCUT2D eigenvalue weighted by atomic mass is 35.5. The Kier molecular flexibility index (Phi) is 3.62. The van der Waals surface area contributed by atoms with E-state index in [0.717, 1.165) is 12.1 Å². The van der Waals surface area contributed by atoms with E-state index in [1.807, 2.05) is 0 Å². The minimum atomic E-state index is -1.79. The summed E-state index contributed by atoms with van der Waals surface area (Å²) in [5, 5.41) is 18.6. The Morgan fingerprint density at radius 1 is 1.40 bits per heavy atom. The predicted molar refractivity (Wildman–Crippen MR) is 51.6 cm³/mol. The minimum Gasteiger partial charge on any atom is -0.385 e. The molecule has 0 saturated carbocycles. The van der Waals surface area contributed by atoms with Crippen molar-refractivity contribution in [3.63, 3.8) is 0 Å². The van der Waals surface area contributed by atoms with Crippen molar-refractivity contribution in [1.82, 2.24) is 0 Å². The van der Waals surface area contributed by atoms with Gasteiger partial charge in [-0.15, -0.1) is 0 Å². The smallest absolute Gasteiger partial charge is 0.249 e. The van der Waals surface area contributed by atoms with Gasteiger partial charge < -0.3 is 15.9 Å². The van der Waals surface area contributed by atoms with Crippen LogP contribution in [-0.4, -0.2) is 22.2 Å². The lowest BCUT2D eigenvalue weighted by atomic mass is 10.0. The Balaban J connectivity index is 3.00. The first-order valence-corrected chi connectivity index (χ1v) is 4.41. The van der Waals surface area contributed by atoms with E-state index in [2.05, 4.69) is 0 Å². The number of benzene rings is 1. The van der Waals surface area contributed by atoms with Crippen LogP contribution < -0.4 is 5.73 Å². The second-order valence-corrected chi connectivity index (χ2v) is 3.43. The number of hydrogen-bond donors (Lipinski definition) is 3. The Labute approximate surface area is 90.1 Å². The molecule has 2 unspecified atom stereocenters. The van der Waals surface area contributed by atoms with Gasteiger partial charge in [-0.1, -0.05) is 11.6 Å². The minimum absolute atomic E-state index is 0.00806. The second-order valence-electron chi connectivity index (χ2n) is 2.99. The van der Waals surface area contributed by atoms with E-state index in [4.69, 9.17) is 22.4 Å². The summed E-state index contributed by atoms with van der Waals surface area (Å²) in [6, 6.07) is 3.23. The summed E-state index contributed by atoms with van der Waals surface area (Å²) in [4.78, 5) is 10.6. The molecule has 0 fully saturated rings. The van der Waals surface area contributed by atoms with E-state index in [-0.39, 0.29) is 10.6 Å². The Morgan fingerprint density at radius 2 is 2.00 bits per heavy atom. The van der Waals surface area contributed by atoms with Gasteiger partial charge in [0.2, 0.25) is 5.91 Å². The number of amides is 1. The maximum absolute atomic E-state index is 12.9. The summed E-state index contributed by atoms with van der Waals surface area (Å²) in [6.07, 6.45) is -3.38. The molecule has 6 heteroatoms. The average molecular weight is 234 g/mol. The van der Waals surface area contributed by atoms with Gasteiger partial charge in [-0.3, -0.25) is 4.79 Å². The van der Waals surface area contributed by atoms with Gasteiger partial charge in [-0.25, -0.2) is 4.39 Å². The van der Waals surface area contributed by atoms with Crippen LogP contribution in [0.3, 0.4) is 0 Å². The summed E-state index contributed by atoms with van der Waals surface area (Å²) in [5.74, 6) is -1.77. The summed E-state index contributed by atoms with van der Waals surface area (Å²) in [7, 11) is 0. The standard InChI is InChI=1S/C9H9ClFNO3/c10-5-1-4(2-6(11)3-5)7(13)8(14)9(12)15/h1-3,7-8,13-14H,(H2,12,15). The Hall–Kier alpha value is -1.17. The summed E-state index contributed by atoms with van der Waals surface area (Å²) >= 11 is 5.53. The molecule has 15 heavy (non-hydrogen) atoms. The third-order valence-electron chi connectivity index (χ3n) is 1.82. The van der Waals surface area contributed by atoms with Gasteiger partial charge in [-0.05, 0) is 23.8 Å². The van der Waals surface area contributed by atoms with Crippen molar-refractivity contribution in [2.45, 2.75) is 12.2 Å². The first kappa shape index (κ1) is 11.9. The molecule has 0 radical (unpaired) electrons. The number of nitrogens with two attached hydrogens (primary N) is 1. The summed E-state index contributed by atoms with van der Waals surface area (Å²) < 4.78 is 12.9. The van der Waals surface area contributed by atoms with Gasteiger partial charge in [0.1, 0.15) is 11.9 Å². The molecule has 1 rings (SSSR count). The fourth-order valence-corrected chi connectivity index (χ4v) is 1.31. The number of halogens is 2. The molecule has 0 saturated heterocycles. The van der Waals surface area contributed by atoms with Crippen LogP contribution in [0.2, 0.25) is 5.02 Å². The number of aliphatic hydroxyl groups is 2. The lowest BCUT2D eigenvalue weighted by Crippen LogP contribution is -2.33. The normalized spacial score (nSPS) is 14.7. The number of hydrogen-bond acceptors (Lipinski definition) is 3. The predicted octanol–water partition coefficient (Wildman–Crippen LogP) is 0.359. The van der Waals surface area contributed by atoms with Crippen LogP contribution in [0.15, 0.2) is 18.2 Å². The van der Waals surface area contributed by atoms with E-state index in [1.54, 1.807) is 0 Å². The van der Waals surface area contributed by atoms with Crippen molar-refractivity contribution in [3.8, 4) is 0 Å². The van der Waals surface area contributed by atoms with Crippen LogP contribution in [0.5, 0.6) is 0 Å². The molecule has 1 aromatic rings. The van der Waals surface area contributed by atoms with E-state index < -0.39 is 23.9 Å². The lowest BCUT2D eigenvalue weighted by Gasteiger charge is -2.15. The van der Waals surface area contributed by atoms with Crippen LogP contribution in [0.1, 0.15) is 11.7 Å². The molecule has 4 N–H and O–H groups in total. The van der Waals surface area contributed by atoms with Gasteiger partial charge in [0.05, 0.1) is 0 Å². The van der Waals surface area contributed by atoms with Crippen molar-refractivity contribution in [2.75, 3.05) is 0 Å². The van der Waals surface area contributed by atoms with Gasteiger partial charge in [0, 0.05) is 5.02 Å². The maximum atomic E-state index is 12.9. The lowest BCUT2D eigenvalue weighted by molar-refractivity contribution is -0.131. The van der Waals surface area contributed by atoms with Crippen LogP contribution in [0.25, 0.3) is 0 Å². The molecule has 0 aliphatic carbocycles. The highest BCUT2D eigenvalue weighted by molar-refractivity contribution is 6.30. The highest BCUT2D eigenvalue weighted by Crippen LogP contribution is 2.22. The molecule has 1 aromatic carbocycles. The van der Waals surface area contributed by atoms with Gasteiger partial charge in [0.25, 0.3) is 0 Å². The zero-order valence-electron chi connectivity index (χ0n) is 7.52. The largest absolute Gasteiger partial charge is 0.385 e.